The Morgan fingerprint density at radius 1 is 0.906 bits per heavy atom. The van der Waals surface area contributed by atoms with E-state index in [1.165, 1.54) is 6.26 Å². The maximum Gasteiger partial charge on any atom is 0.291 e. The van der Waals surface area contributed by atoms with E-state index in [1.54, 1.807) is 74.5 Å². The molecule has 1 heterocycles. The SMILES string of the molecule is CC(C)NS(=O)(=O)Cc1ccc(CNC(=O)c2ccc(NC(=O)c3ccco3)cc2)cc1. The molecular formula is C23H25N3O5S. The van der Waals surface area contributed by atoms with Crippen LogP contribution < -0.4 is 15.4 Å². The molecule has 0 radical (unpaired) electrons. The number of anilines is 1. The molecule has 0 saturated heterocycles. The molecule has 1 aromatic heterocycles. The van der Waals surface area contributed by atoms with Crippen molar-refractivity contribution in [3.8, 4) is 0 Å². The minimum atomic E-state index is -3.38. The predicted molar refractivity (Wildman–Crippen MR) is 122 cm³/mol. The molecule has 0 bridgehead atoms. The molecule has 0 saturated carbocycles. The minimum Gasteiger partial charge on any atom is -0.459 e. The highest BCUT2D eigenvalue weighted by Crippen LogP contribution is 2.13. The average Bonchev–Trinajstić information content (AvgIpc) is 3.27. The third-order valence-corrected chi connectivity index (χ3v) is 5.94. The van der Waals surface area contributed by atoms with Crippen molar-refractivity contribution in [2.24, 2.45) is 0 Å². The number of benzene rings is 2. The van der Waals surface area contributed by atoms with Gasteiger partial charge in [-0.25, -0.2) is 13.1 Å². The highest BCUT2D eigenvalue weighted by Gasteiger charge is 2.13. The van der Waals surface area contributed by atoms with Crippen molar-refractivity contribution < 1.29 is 22.4 Å². The Morgan fingerprint density at radius 2 is 1.56 bits per heavy atom. The summed E-state index contributed by atoms with van der Waals surface area (Å²) in [5.41, 5.74) is 2.50. The largest absolute Gasteiger partial charge is 0.459 e. The van der Waals surface area contributed by atoms with Gasteiger partial charge >= 0.3 is 0 Å². The number of amides is 2. The van der Waals surface area contributed by atoms with Crippen molar-refractivity contribution in [2.75, 3.05) is 5.32 Å². The number of hydrogen-bond donors (Lipinski definition) is 3. The third kappa shape index (κ3) is 6.79. The number of rotatable bonds is 9. The van der Waals surface area contributed by atoms with Gasteiger partial charge in [-0.1, -0.05) is 24.3 Å². The van der Waals surface area contributed by atoms with Crippen LogP contribution in [0, 0.1) is 0 Å². The summed E-state index contributed by atoms with van der Waals surface area (Å²) >= 11 is 0. The first-order chi connectivity index (χ1) is 15.2. The van der Waals surface area contributed by atoms with Gasteiger partial charge in [0.1, 0.15) is 0 Å². The summed E-state index contributed by atoms with van der Waals surface area (Å²) < 4.78 is 31.6. The lowest BCUT2D eigenvalue weighted by molar-refractivity contribution is 0.0950. The van der Waals surface area contributed by atoms with E-state index < -0.39 is 10.0 Å². The number of carbonyl (C=O) groups excluding carboxylic acids is 2. The van der Waals surface area contributed by atoms with Crippen LogP contribution in [0.3, 0.4) is 0 Å². The van der Waals surface area contributed by atoms with Crippen LogP contribution in [0.5, 0.6) is 0 Å². The molecule has 8 nitrogen and oxygen atoms in total. The lowest BCUT2D eigenvalue weighted by atomic mass is 10.1. The van der Waals surface area contributed by atoms with Crippen molar-refractivity contribution in [3.05, 3.63) is 89.4 Å². The predicted octanol–water partition coefficient (Wildman–Crippen LogP) is 3.29. The van der Waals surface area contributed by atoms with Crippen molar-refractivity contribution in [1.82, 2.24) is 10.0 Å². The molecule has 3 aromatic rings. The van der Waals surface area contributed by atoms with Gasteiger partial charge < -0.3 is 15.1 Å². The summed E-state index contributed by atoms with van der Waals surface area (Å²) in [6.45, 7) is 3.84. The molecule has 0 aliphatic carbocycles. The first-order valence-electron chi connectivity index (χ1n) is 10.0. The van der Waals surface area contributed by atoms with Crippen molar-refractivity contribution >= 4 is 27.5 Å². The first-order valence-corrected chi connectivity index (χ1v) is 11.7. The van der Waals surface area contributed by atoms with E-state index >= 15 is 0 Å². The standard InChI is InChI=1S/C23H25N3O5S/c1-16(2)26-32(29,30)15-18-7-5-17(6-8-18)14-24-22(27)19-9-11-20(12-10-19)25-23(28)21-4-3-13-31-21/h3-13,16,26H,14-15H2,1-2H3,(H,24,27)(H,25,28). The molecular weight excluding hydrogens is 430 g/mol. The molecule has 2 aromatic carbocycles. The van der Waals surface area contributed by atoms with E-state index in [2.05, 4.69) is 15.4 Å². The summed E-state index contributed by atoms with van der Waals surface area (Å²) in [5, 5.41) is 5.51. The summed E-state index contributed by atoms with van der Waals surface area (Å²) in [6.07, 6.45) is 1.42. The normalized spacial score (nSPS) is 11.3. The van der Waals surface area contributed by atoms with Gasteiger partial charge in [0, 0.05) is 23.8 Å². The van der Waals surface area contributed by atoms with E-state index in [4.69, 9.17) is 4.42 Å². The van der Waals surface area contributed by atoms with Crippen LogP contribution in [0.1, 0.15) is 45.9 Å². The first kappa shape index (κ1) is 23.2. The summed E-state index contributed by atoms with van der Waals surface area (Å²) in [5.74, 6) is -0.530. The molecule has 2 amide bonds. The molecule has 3 rings (SSSR count). The molecule has 0 unspecified atom stereocenters. The summed E-state index contributed by atoms with van der Waals surface area (Å²) in [7, 11) is -3.38. The zero-order valence-electron chi connectivity index (χ0n) is 17.8. The minimum absolute atomic E-state index is 0.0966. The van der Waals surface area contributed by atoms with Gasteiger partial charge in [-0.3, -0.25) is 9.59 Å². The Hall–Kier alpha value is -3.43. The molecule has 3 N–H and O–H groups in total. The van der Waals surface area contributed by atoms with Gasteiger partial charge in [0.05, 0.1) is 12.0 Å². The fourth-order valence-corrected chi connectivity index (χ4v) is 4.40. The van der Waals surface area contributed by atoms with E-state index in [1.807, 2.05) is 0 Å². The Morgan fingerprint density at radius 3 is 2.16 bits per heavy atom. The quantitative estimate of drug-likeness (QED) is 0.458. The Balaban J connectivity index is 1.51. The Labute approximate surface area is 187 Å². The second kappa shape index (κ2) is 10.3. The monoisotopic (exact) mass is 455 g/mol. The van der Waals surface area contributed by atoms with Crippen molar-refractivity contribution in [3.63, 3.8) is 0 Å². The fourth-order valence-electron chi connectivity index (χ4n) is 2.96. The summed E-state index contributed by atoms with van der Waals surface area (Å²) in [4.78, 5) is 24.4. The van der Waals surface area contributed by atoms with E-state index in [0.717, 1.165) is 5.56 Å². The van der Waals surface area contributed by atoms with Gasteiger partial charge in [0.2, 0.25) is 10.0 Å². The van der Waals surface area contributed by atoms with Gasteiger partial charge in [0.25, 0.3) is 11.8 Å². The molecule has 32 heavy (non-hydrogen) atoms. The maximum absolute atomic E-state index is 12.4. The van der Waals surface area contributed by atoms with Crippen LogP contribution in [0.15, 0.2) is 71.3 Å². The maximum atomic E-state index is 12.4. The number of furan rings is 1. The lowest BCUT2D eigenvalue weighted by Gasteiger charge is -2.10. The van der Waals surface area contributed by atoms with Crippen LogP contribution in [0.25, 0.3) is 0 Å². The van der Waals surface area contributed by atoms with Gasteiger partial charge in [-0.15, -0.1) is 0 Å². The van der Waals surface area contributed by atoms with Gasteiger partial charge in [-0.05, 0) is 61.4 Å². The van der Waals surface area contributed by atoms with Crippen LogP contribution in [-0.2, 0) is 22.3 Å². The van der Waals surface area contributed by atoms with Crippen LogP contribution in [0.4, 0.5) is 5.69 Å². The number of hydrogen-bond acceptors (Lipinski definition) is 5. The molecule has 0 aliphatic heterocycles. The highest BCUT2D eigenvalue weighted by molar-refractivity contribution is 7.88. The van der Waals surface area contributed by atoms with Gasteiger partial charge in [0.15, 0.2) is 5.76 Å². The van der Waals surface area contributed by atoms with Crippen molar-refractivity contribution in [1.29, 1.82) is 0 Å². The van der Waals surface area contributed by atoms with Gasteiger partial charge in [-0.2, -0.15) is 0 Å². The topological polar surface area (TPSA) is 118 Å². The Bertz CT molecular complexity index is 1150. The van der Waals surface area contributed by atoms with Crippen molar-refractivity contribution in [2.45, 2.75) is 32.2 Å². The number of carbonyl (C=O) groups is 2. The molecule has 0 fully saturated rings. The smallest absolute Gasteiger partial charge is 0.291 e. The van der Waals surface area contributed by atoms with Crippen LogP contribution >= 0.6 is 0 Å². The highest BCUT2D eigenvalue weighted by atomic mass is 32.2. The molecule has 9 heteroatoms. The van der Waals surface area contributed by atoms with E-state index in [9.17, 15) is 18.0 Å². The fraction of sp³-hybridized carbons (Fsp3) is 0.217. The van der Waals surface area contributed by atoms with Crippen LogP contribution in [-0.4, -0.2) is 26.3 Å². The molecule has 168 valence electrons. The van der Waals surface area contributed by atoms with Crippen LogP contribution in [0.2, 0.25) is 0 Å². The lowest BCUT2D eigenvalue weighted by Crippen LogP contribution is -2.31. The van der Waals surface area contributed by atoms with E-state index in [-0.39, 0.29) is 29.4 Å². The average molecular weight is 456 g/mol. The number of nitrogens with one attached hydrogen (secondary N) is 3. The molecule has 0 atom stereocenters. The Kier molecular flexibility index (Phi) is 7.45. The number of sulfonamides is 1. The molecule has 0 aliphatic rings. The zero-order valence-corrected chi connectivity index (χ0v) is 18.6. The second-order valence-electron chi connectivity index (χ2n) is 7.54. The molecule has 0 spiro atoms. The zero-order chi connectivity index (χ0) is 23.1. The van der Waals surface area contributed by atoms with E-state index in [0.29, 0.717) is 23.4 Å². The summed E-state index contributed by atoms with van der Waals surface area (Å²) in [6, 6.07) is 16.6. The second-order valence-corrected chi connectivity index (χ2v) is 9.29. The third-order valence-electron chi connectivity index (χ3n) is 4.40.